The Hall–Kier alpha value is -1.19. The highest BCUT2D eigenvalue weighted by Gasteiger charge is 2.42. The molecule has 0 radical (unpaired) electrons. The highest BCUT2D eigenvalue weighted by molar-refractivity contribution is 5.89. The predicted octanol–water partition coefficient (Wildman–Crippen LogP) is 1.90. The fourth-order valence-electron chi connectivity index (χ4n) is 2.57. The second-order valence-electron chi connectivity index (χ2n) is 4.82. The van der Waals surface area contributed by atoms with Crippen molar-refractivity contribution in [2.45, 2.75) is 45.4 Å². The van der Waals surface area contributed by atoms with E-state index in [-0.39, 0.29) is 24.1 Å². The normalized spacial score (nSPS) is 28.8. The van der Waals surface area contributed by atoms with Gasteiger partial charge in [-0.15, -0.1) is 0 Å². The molecule has 1 saturated carbocycles. The van der Waals surface area contributed by atoms with Gasteiger partial charge in [0, 0.05) is 18.3 Å². The molecule has 0 amide bonds. The molecule has 0 saturated heterocycles. The van der Waals surface area contributed by atoms with Crippen LogP contribution >= 0.6 is 0 Å². The van der Waals surface area contributed by atoms with Crippen LogP contribution in [0.2, 0.25) is 0 Å². The summed E-state index contributed by atoms with van der Waals surface area (Å²) in [4.78, 5) is 34.0. The summed E-state index contributed by atoms with van der Waals surface area (Å²) in [5.41, 5.74) is -0.549. The molecule has 4 nitrogen and oxygen atoms in total. The lowest BCUT2D eigenvalue weighted by molar-refractivity contribution is -0.149. The number of methoxy groups -OCH3 is 1. The summed E-state index contributed by atoms with van der Waals surface area (Å²) >= 11 is 0. The first kappa shape index (κ1) is 13.9. The molecule has 1 aliphatic rings. The summed E-state index contributed by atoms with van der Waals surface area (Å²) in [6.45, 7) is 1.93. The largest absolute Gasteiger partial charge is 0.469 e. The average molecular weight is 240 g/mol. The monoisotopic (exact) mass is 240 g/mol. The Morgan fingerprint density at radius 2 is 2.29 bits per heavy atom. The third-order valence-electron chi connectivity index (χ3n) is 3.91. The van der Waals surface area contributed by atoms with Gasteiger partial charge in [-0.25, -0.2) is 0 Å². The molecule has 96 valence electrons. The van der Waals surface area contributed by atoms with Crippen molar-refractivity contribution in [3.63, 3.8) is 0 Å². The SMILES string of the molecule is CC[C@]1(CC(=O)OC)CC[C@@H](CC=O)CC1=O. The first-order valence-corrected chi connectivity index (χ1v) is 6.11. The van der Waals surface area contributed by atoms with Crippen molar-refractivity contribution in [1.29, 1.82) is 0 Å². The number of carbonyl (C=O) groups is 3. The maximum absolute atomic E-state index is 12.2. The van der Waals surface area contributed by atoms with Crippen LogP contribution in [0.5, 0.6) is 0 Å². The van der Waals surface area contributed by atoms with Gasteiger partial charge in [0.1, 0.15) is 12.1 Å². The second kappa shape index (κ2) is 5.94. The number of Topliss-reactive ketones (excluding diaryl/α,β-unsaturated/α-hetero) is 1. The van der Waals surface area contributed by atoms with Gasteiger partial charge in [-0.3, -0.25) is 9.59 Å². The lowest BCUT2D eigenvalue weighted by atomic mass is 9.66. The van der Waals surface area contributed by atoms with E-state index in [1.165, 1.54) is 7.11 Å². The number of aldehydes is 1. The molecule has 1 rings (SSSR count). The topological polar surface area (TPSA) is 60.4 Å². The van der Waals surface area contributed by atoms with E-state index in [1.54, 1.807) is 0 Å². The second-order valence-corrected chi connectivity index (χ2v) is 4.82. The van der Waals surface area contributed by atoms with Gasteiger partial charge in [-0.2, -0.15) is 0 Å². The lowest BCUT2D eigenvalue weighted by Gasteiger charge is -2.37. The molecule has 17 heavy (non-hydrogen) atoms. The number of ether oxygens (including phenoxy) is 1. The van der Waals surface area contributed by atoms with Crippen LogP contribution in [0.25, 0.3) is 0 Å². The van der Waals surface area contributed by atoms with Gasteiger partial charge in [0.15, 0.2) is 0 Å². The Kier molecular flexibility index (Phi) is 4.85. The molecular formula is C13H20O4. The van der Waals surface area contributed by atoms with E-state index in [9.17, 15) is 14.4 Å². The van der Waals surface area contributed by atoms with Crippen molar-refractivity contribution in [1.82, 2.24) is 0 Å². The third kappa shape index (κ3) is 3.14. The van der Waals surface area contributed by atoms with Gasteiger partial charge >= 0.3 is 5.97 Å². The van der Waals surface area contributed by atoms with E-state index >= 15 is 0 Å². The van der Waals surface area contributed by atoms with E-state index < -0.39 is 5.41 Å². The van der Waals surface area contributed by atoms with Crippen LogP contribution < -0.4 is 0 Å². The molecule has 1 aliphatic carbocycles. The summed E-state index contributed by atoms with van der Waals surface area (Å²) in [6.07, 6.45) is 4.11. The van der Waals surface area contributed by atoms with E-state index in [1.807, 2.05) is 6.92 Å². The zero-order chi connectivity index (χ0) is 12.9. The Labute approximate surface area is 102 Å². The molecule has 4 heteroatoms. The third-order valence-corrected chi connectivity index (χ3v) is 3.91. The van der Waals surface area contributed by atoms with E-state index in [0.717, 1.165) is 12.7 Å². The fourth-order valence-corrected chi connectivity index (χ4v) is 2.57. The van der Waals surface area contributed by atoms with E-state index in [0.29, 0.717) is 25.7 Å². The first-order chi connectivity index (χ1) is 8.07. The van der Waals surface area contributed by atoms with Crippen molar-refractivity contribution >= 4 is 18.0 Å². The molecule has 2 atom stereocenters. The van der Waals surface area contributed by atoms with E-state index in [2.05, 4.69) is 4.74 Å². The molecule has 0 spiro atoms. The quantitative estimate of drug-likeness (QED) is 0.544. The van der Waals surface area contributed by atoms with Crippen molar-refractivity contribution in [2.75, 3.05) is 7.11 Å². The smallest absolute Gasteiger partial charge is 0.306 e. The Balaban J connectivity index is 2.71. The zero-order valence-corrected chi connectivity index (χ0v) is 10.5. The summed E-state index contributed by atoms with van der Waals surface area (Å²) in [7, 11) is 1.34. The summed E-state index contributed by atoms with van der Waals surface area (Å²) < 4.78 is 4.66. The molecule has 0 heterocycles. The van der Waals surface area contributed by atoms with Crippen LogP contribution in [0.1, 0.15) is 45.4 Å². The van der Waals surface area contributed by atoms with Crippen molar-refractivity contribution < 1.29 is 19.1 Å². The van der Waals surface area contributed by atoms with Crippen LogP contribution in [0.15, 0.2) is 0 Å². The highest BCUT2D eigenvalue weighted by Crippen LogP contribution is 2.42. The Morgan fingerprint density at radius 1 is 1.59 bits per heavy atom. The molecule has 0 aromatic heterocycles. The number of ketones is 1. The minimum absolute atomic E-state index is 0.114. The number of hydrogen-bond donors (Lipinski definition) is 0. The van der Waals surface area contributed by atoms with Gasteiger partial charge in [-0.1, -0.05) is 6.92 Å². The van der Waals surface area contributed by atoms with Crippen LogP contribution in [-0.4, -0.2) is 25.1 Å². The van der Waals surface area contributed by atoms with Crippen molar-refractivity contribution in [3.05, 3.63) is 0 Å². The lowest BCUT2D eigenvalue weighted by Crippen LogP contribution is -2.39. The number of hydrogen-bond acceptors (Lipinski definition) is 4. The Morgan fingerprint density at radius 3 is 2.76 bits per heavy atom. The van der Waals surface area contributed by atoms with Crippen LogP contribution in [0.4, 0.5) is 0 Å². The van der Waals surface area contributed by atoms with Crippen molar-refractivity contribution in [3.8, 4) is 0 Å². The van der Waals surface area contributed by atoms with Gasteiger partial charge < -0.3 is 9.53 Å². The number of carbonyl (C=O) groups excluding carboxylic acids is 3. The number of esters is 1. The molecule has 0 aliphatic heterocycles. The summed E-state index contributed by atoms with van der Waals surface area (Å²) in [5, 5.41) is 0. The van der Waals surface area contributed by atoms with Crippen LogP contribution in [-0.2, 0) is 19.1 Å². The molecule has 1 fully saturated rings. The first-order valence-electron chi connectivity index (χ1n) is 6.11. The number of rotatable bonds is 5. The van der Waals surface area contributed by atoms with Gasteiger partial charge in [0.05, 0.1) is 13.5 Å². The molecular weight excluding hydrogens is 220 g/mol. The molecule has 0 aromatic rings. The fraction of sp³-hybridized carbons (Fsp3) is 0.769. The minimum atomic E-state index is -0.549. The van der Waals surface area contributed by atoms with Gasteiger partial charge in [0.2, 0.25) is 0 Å². The molecule has 0 aromatic carbocycles. The Bertz CT molecular complexity index is 311. The van der Waals surface area contributed by atoms with E-state index in [4.69, 9.17) is 0 Å². The minimum Gasteiger partial charge on any atom is -0.469 e. The highest BCUT2D eigenvalue weighted by atomic mass is 16.5. The average Bonchev–Trinajstić information content (AvgIpc) is 2.33. The molecule has 0 N–H and O–H groups in total. The predicted molar refractivity (Wildman–Crippen MR) is 62.4 cm³/mol. The maximum atomic E-state index is 12.2. The zero-order valence-electron chi connectivity index (χ0n) is 10.5. The van der Waals surface area contributed by atoms with Crippen molar-refractivity contribution in [2.24, 2.45) is 11.3 Å². The molecule has 0 bridgehead atoms. The summed E-state index contributed by atoms with van der Waals surface area (Å²) in [5.74, 6) is -0.0464. The van der Waals surface area contributed by atoms with Crippen LogP contribution in [0.3, 0.4) is 0 Å². The summed E-state index contributed by atoms with van der Waals surface area (Å²) in [6, 6.07) is 0. The van der Waals surface area contributed by atoms with Gasteiger partial charge in [0.25, 0.3) is 0 Å². The maximum Gasteiger partial charge on any atom is 0.306 e. The standard InChI is InChI=1S/C13H20O4/c1-3-13(9-12(16)17-2)6-4-10(5-7-14)8-11(13)15/h7,10H,3-6,8-9H2,1-2H3/t10-,13+/m0/s1. The molecule has 0 unspecified atom stereocenters. The van der Waals surface area contributed by atoms with Crippen LogP contribution in [0, 0.1) is 11.3 Å². The van der Waals surface area contributed by atoms with Gasteiger partial charge in [-0.05, 0) is 25.2 Å².